The normalized spacial score (nSPS) is 10.9. The van der Waals surface area contributed by atoms with E-state index in [-0.39, 0.29) is 5.91 Å². The Balaban J connectivity index is 1.49. The fourth-order valence-electron chi connectivity index (χ4n) is 4.25. The lowest BCUT2D eigenvalue weighted by Crippen LogP contribution is -2.30. The van der Waals surface area contributed by atoms with Crippen molar-refractivity contribution < 1.29 is 4.79 Å². The highest BCUT2D eigenvalue weighted by Crippen LogP contribution is 2.31. The average molecular weight is 531 g/mol. The Morgan fingerprint density at radius 1 is 0.769 bits per heavy atom. The summed E-state index contributed by atoms with van der Waals surface area (Å²) >= 11 is 6.25. The molecule has 0 bridgehead atoms. The second-order valence-electron chi connectivity index (χ2n) is 9.03. The summed E-state index contributed by atoms with van der Waals surface area (Å²) in [7, 11) is 0. The lowest BCUT2D eigenvalue weighted by atomic mass is 10.1. The first kappa shape index (κ1) is 24.3. The second kappa shape index (κ2) is 10.4. The molecular formula is C31H23ClN6O. The van der Waals surface area contributed by atoms with Crippen LogP contribution in [0.15, 0.2) is 109 Å². The number of benzene rings is 4. The minimum atomic E-state index is -0.303. The van der Waals surface area contributed by atoms with E-state index in [1.165, 1.54) is 0 Å². The monoisotopic (exact) mass is 530 g/mol. The number of anilines is 1. The van der Waals surface area contributed by atoms with E-state index >= 15 is 0 Å². The zero-order chi connectivity index (χ0) is 26.8. The van der Waals surface area contributed by atoms with Gasteiger partial charge >= 0.3 is 0 Å². The van der Waals surface area contributed by atoms with Gasteiger partial charge < -0.3 is 0 Å². The molecule has 0 saturated heterocycles. The summed E-state index contributed by atoms with van der Waals surface area (Å²) in [6.07, 6.45) is 0. The number of hydrogen-bond donors (Lipinski definition) is 2. The van der Waals surface area contributed by atoms with Crippen LogP contribution in [0.25, 0.3) is 39.4 Å². The molecule has 190 valence electrons. The van der Waals surface area contributed by atoms with Crippen LogP contribution in [0.2, 0.25) is 5.02 Å². The molecule has 4 aromatic carbocycles. The lowest BCUT2D eigenvalue weighted by molar-refractivity contribution is 0.0962. The Morgan fingerprint density at radius 3 is 2.18 bits per heavy atom. The molecule has 2 aromatic heterocycles. The van der Waals surface area contributed by atoms with E-state index in [0.29, 0.717) is 33.3 Å². The van der Waals surface area contributed by atoms with Gasteiger partial charge in [0.25, 0.3) is 5.91 Å². The third-order valence-corrected chi connectivity index (χ3v) is 6.50. The summed E-state index contributed by atoms with van der Waals surface area (Å²) in [4.78, 5) is 22.6. The van der Waals surface area contributed by atoms with Crippen LogP contribution in [0.5, 0.6) is 0 Å². The molecule has 0 fully saturated rings. The first-order valence-corrected chi connectivity index (χ1v) is 12.7. The molecule has 0 unspecified atom stereocenters. The number of amides is 1. The average Bonchev–Trinajstić information content (AvgIpc) is 3.42. The predicted molar refractivity (Wildman–Crippen MR) is 155 cm³/mol. The van der Waals surface area contributed by atoms with Crippen LogP contribution < -0.4 is 10.9 Å². The minimum absolute atomic E-state index is 0.303. The molecule has 2 heterocycles. The molecule has 1 amide bonds. The van der Waals surface area contributed by atoms with E-state index in [9.17, 15) is 4.79 Å². The predicted octanol–water partition coefficient (Wildman–Crippen LogP) is 6.87. The number of aryl methyl sites for hydroxylation is 1. The minimum Gasteiger partial charge on any atom is -0.278 e. The molecule has 0 radical (unpaired) electrons. The zero-order valence-corrected chi connectivity index (χ0v) is 21.7. The van der Waals surface area contributed by atoms with Gasteiger partial charge in [0.1, 0.15) is 0 Å². The van der Waals surface area contributed by atoms with Crippen LogP contribution in [0.1, 0.15) is 15.9 Å². The smallest absolute Gasteiger partial charge is 0.269 e. The number of rotatable bonds is 6. The molecule has 6 rings (SSSR count). The molecule has 0 saturated carbocycles. The maximum atomic E-state index is 12.9. The molecule has 0 spiro atoms. The first-order valence-electron chi connectivity index (χ1n) is 12.4. The van der Waals surface area contributed by atoms with E-state index in [1.807, 2.05) is 91.9 Å². The Bertz CT molecular complexity index is 1780. The van der Waals surface area contributed by atoms with Crippen LogP contribution in [-0.2, 0) is 0 Å². The lowest BCUT2D eigenvalue weighted by Gasteiger charge is -2.15. The molecule has 0 aliphatic rings. The van der Waals surface area contributed by atoms with Crippen molar-refractivity contribution in [2.45, 2.75) is 6.92 Å². The first-order chi connectivity index (χ1) is 19.0. The van der Waals surface area contributed by atoms with Crippen molar-refractivity contribution >= 4 is 34.4 Å². The van der Waals surface area contributed by atoms with Gasteiger partial charge in [-0.3, -0.25) is 15.6 Å². The highest BCUT2D eigenvalue weighted by atomic mass is 35.5. The summed E-state index contributed by atoms with van der Waals surface area (Å²) in [5, 5.41) is 5.48. The van der Waals surface area contributed by atoms with Crippen LogP contribution in [0.3, 0.4) is 0 Å². The number of hydrazine groups is 1. The summed E-state index contributed by atoms with van der Waals surface area (Å²) in [6, 6.07) is 34.5. The van der Waals surface area contributed by atoms with Crippen molar-refractivity contribution in [1.29, 1.82) is 0 Å². The largest absolute Gasteiger partial charge is 0.278 e. The number of halogens is 1. The van der Waals surface area contributed by atoms with Gasteiger partial charge in [-0.15, -0.1) is 0 Å². The Labute approximate surface area is 230 Å². The van der Waals surface area contributed by atoms with Gasteiger partial charge in [0.2, 0.25) is 0 Å². The Hall–Kier alpha value is -5.01. The third-order valence-electron chi connectivity index (χ3n) is 6.27. The van der Waals surface area contributed by atoms with Crippen molar-refractivity contribution in [3.8, 4) is 28.3 Å². The van der Waals surface area contributed by atoms with Gasteiger partial charge in [0, 0.05) is 21.7 Å². The molecular weight excluding hydrogens is 508 g/mol. The van der Waals surface area contributed by atoms with Crippen LogP contribution >= 0.6 is 11.6 Å². The van der Waals surface area contributed by atoms with E-state index in [4.69, 9.17) is 26.7 Å². The van der Waals surface area contributed by atoms with Gasteiger partial charge in [-0.25, -0.2) is 14.6 Å². The SMILES string of the molecule is Cc1ccc(C(=O)NNc2nc3cc(Cl)ccc3nc2-n2nc(-c3ccccc3)cc2-c2ccccc2)cc1. The Morgan fingerprint density at radius 2 is 1.46 bits per heavy atom. The number of hydrogen-bond acceptors (Lipinski definition) is 5. The topological polar surface area (TPSA) is 84.7 Å². The van der Waals surface area contributed by atoms with Crippen molar-refractivity contribution in [3.05, 3.63) is 125 Å². The van der Waals surface area contributed by atoms with Crippen molar-refractivity contribution in [2.24, 2.45) is 0 Å². The molecule has 8 heteroatoms. The van der Waals surface area contributed by atoms with Crippen LogP contribution in [-0.4, -0.2) is 25.7 Å². The molecule has 0 aliphatic carbocycles. The molecule has 0 atom stereocenters. The van der Waals surface area contributed by atoms with E-state index in [0.717, 1.165) is 28.1 Å². The molecule has 39 heavy (non-hydrogen) atoms. The Kier molecular flexibility index (Phi) is 6.49. The highest BCUT2D eigenvalue weighted by molar-refractivity contribution is 6.31. The summed E-state index contributed by atoms with van der Waals surface area (Å²) < 4.78 is 1.75. The van der Waals surface area contributed by atoms with Crippen LogP contribution in [0.4, 0.5) is 5.82 Å². The molecule has 7 nitrogen and oxygen atoms in total. The third kappa shape index (κ3) is 5.08. The van der Waals surface area contributed by atoms with E-state index in [2.05, 4.69) is 10.9 Å². The number of nitrogens with zero attached hydrogens (tertiary/aromatic N) is 4. The fraction of sp³-hybridized carbons (Fsp3) is 0.0323. The van der Waals surface area contributed by atoms with Crippen molar-refractivity contribution in [2.75, 3.05) is 5.43 Å². The van der Waals surface area contributed by atoms with Gasteiger partial charge in [-0.05, 0) is 43.3 Å². The van der Waals surface area contributed by atoms with Gasteiger partial charge in [0.05, 0.1) is 22.4 Å². The quantitative estimate of drug-likeness (QED) is 0.230. The van der Waals surface area contributed by atoms with E-state index < -0.39 is 0 Å². The number of fused-ring (bicyclic) bond motifs is 1. The van der Waals surface area contributed by atoms with Gasteiger partial charge in [-0.1, -0.05) is 90.0 Å². The van der Waals surface area contributed by atoms with Crippen molar-refractivity contribution in [3.63, 3.8) is 0 Å². The highest BCUT2D eigenvalue weighted by Gasteiger charge is 2.19. The number of nitrogens with one attached hydrogen (secondary N) is 2. The zero-order valence-electron chi connectivity index (χ0n) is 21.0. The number of carbonyl (C=O) groups is 1. The van der Waals surface area contributed by atoms with E-state index in [1.54, 1.807) is 28.9 Å². The van der Waals surface area contributed by atoms with Crippen LogP contribution in [0, 0.1) is 6.92 Å². The number of aromatic nitrogens is 4. The maximum Gasteiger partial charge on any atom is 0.269 e. The number of carbonyl (C=O) groups excluding carboxylic acids is 1. The van der Waals surface area contributed by atoms with Crippen molar-refractivity contribution in [1.82, 2.24) is 25.2 Å². The molecule has 0 aliphatic heterocycles. The fourth-order valence-corrected chi connectivity index (χ4v) is 4.42. The molecule has 2 N–H and O–H groups in total. The molecule has 6 aromatic rings. The van der Waals surface area contributed by atoms with Gasteiger partial charge in [-0.2, -0.15) is 5.10 Å². The second-order valence-corrected chi connectivity index (χ2v) is 9.47. The standard InChI is InChI=1S/C31H23ClN6O/c1-20-12-14-23(15-13-20)31(39)36-35-29-30(34-25-17-16-24(32)18-27(25)33-29)38-28(22-10-6-3-7-11-22)19-26(37-38)21-8-4-2-5-9-21/h2-19H,1H3,(H,33,35)(H,36,39). The summed E-state index contributed by atoms with van der Waals surface area (Å²) in [5.41, 5.74) is 12.1. The maximum absolute atomic E-state index is 12.9. The summed E-state index contributed by atoms with van der Waals surface area (Å²) in [5.74, 6) is 0.447. The van der Waals surface area contributed by atoms with Gasteiger partial charge in [0.15, 0.2) is 11.6 Å². The summed E-state index contributed by atoms with van der Waals surface area (Å²) in [6.45, 7) is 1.97.